The third-order valence-corrected chi connectivity index (χ3v) is 6.25. The van der Waals surface area contributed by atoms with E-state index >= 15 is 0 Å². The Labute approximate surface area is 176 Å². The number of rotatable bonds is 4. The number of nitrogens with one attached hydrogen (secondary N) is 1. The maximum absolute atomic E-state index is 13.1. The van der Waals surface area contributed by atoms with Crippen LogP contribution >= 0.6 is 11.8 Å². The van der Waals surface area contributed by atoms with Crippen LogP contribution in [0.15, 0.2) is 53.7 Å². The van der Waals surface area contributed by atoms with Gasteiger partial charge in [-0.15, -0.1) is 10.2 Å². The van der Waals surface area contributed by atoms with Crippen molar-refractivity contribution in [3.05, 3.63) is 65.6 Å². The second-order valence-electron chi connectivity index (χ2n) is 7.16. The molecular formula is C21H19FN6OS. The van der Waals surface area contributed by atoms with E-state index in [2.05, 4.69) is 27.3 Å². The molecule has 0 spiro atoms. The van der Waals surface area contributed by atoms with E-state index in [4.69, 9.17) is 5.84 Å². The molecule has 2 aromatic carbocycles. The number of nitrogen functional groups attached to an aromatic ring is 1. The normalized spacial score (nSPS) is 13.6. The van der Waals surface area contributed by atoms with Crippen LogP contribution in [0.4, 0.5) is 4.39 Å². The van der Waals surface area contributed by atoms with Gasteiger partial charge in [-0.1, -0.05) is 30.0 Å². The van der Waals surface area contributed by atoms with Crippen LogP contribution in [0, 0.1) is 5.82 Å². The summed E-state index contributed by atoms with van der Waals surface area (Å²) in [4.78, 5) is 18.1. The monoisotopic (exact) mass is 422 g/mol. The highest BCUT2D eigenvalue weighted by Gasteiger charge is 2.24. The van der Waals surface area contributed by atoms with Crippen molar-refractivity contribution in [2.24, 2.45) is 0 Å². The summed E-state index contributed by atoms with van der Waals surface area (Å²) in [5, 5.41) is 9.77. The Morgan fingerprint density at radius 3 is 2.80 bits per heavy atom. The number of benzene rings is 2. The molecule has 1 amide bonds. The number of aromatic amines is 1. The standard InChI is InChI=1S/C21H19FN6OS/c22-14-7-5-13(6-8-14)20-25-26-21(28(20)23)30-12-19(29)27-10-9-18-16(11-27)15-3-1-2-4-17(15)24-18/h1-8,24H,9-12,23H2. The zero-order chi connectivity index (χ0) is 20.7. The fourth-order valence-corrected chi connectivity index (χ4v) is 4.53. The number of amides is 1. The quantitative estimate of drug-likeness (QED) is 0.390. The Bertz CT molecular complexity index is 1230. The van der Waals surface area contributed by atoms with Crippen molar-refractivity contribution < 1.29 is 9.18 Å². The molecule has 4 aromatic rings. The highest BCUT2D eigenvalue weighted by atomic mass is 32.2. The van der Waals surface area contributed by atoms with E-state index in [1.165, 1.54) is 45.2 Å². The fraction of sp³-hybridized carbons (Fsp3) is 0.190. The minimum Gasteiger partial charge on any atom is -0.358 e. The smallest absolute Gasteiger partial charge is 0.233 e. The molecule has 3 N–H and O–H groups in total. The molecule has 0 bridgehead atoms. The molecule has 0 fully saturated rings. The second-order valence-corrected chi connectivity index (χ2v) is 8.11. The largest absolute Gasteiger partial charge is 0.358 e. The first-order valence-corrected chi connectivity index (χ1v) is 10.5. The van der Waals surface area contributed by atoms with Gasteiger partial charge in [0, 0.05) is 47.2 Å². The van der Waals surface area contributed by atoms with Crippen molar-refractivity contribution in [2.45, 2.75) is 18.1 Å². The van der Waals surface area contributed by atoms with Crippen LogP contribution < -0.4 is 5.84 Å². The molecule has 0 saturated heterocycles. The number of nitrogens with two attached hydrogens (primary N) is 1. The van der Waals surface area contributed by atoms with E-state index in [9.17, 15) is 9.18 Å². The number of H-pyrrole nitrogens is 1. The zero-order valence-electron chi connectivity index (χ0n) is 16.0. The van der Waals surface area contributed by atoms with Crippen molar-refractivity contribution in [1.29, 1.82) is 0 Å². The van der Waals surface area contributed by atoms with Gasteiger partial charge in [0.15, 0.2) is 5.82 Å². The van der Waals surface area contributed by atoms with Gasteiger partial charge < -0.3 is 15.7 Å². The average Bonchev–Trinajstić information content (AvgIpc) is 3.32. The van der Waals surface area contributed by atoms with Crippen molar-refractivity contribution in [3.63, 3.8) is 0 Å². The summed E-state index contributed by atoms with van der Waals surface area (Å²) in [5.74, 6) is 6.44. The van der Waals surface area contributed by atoms with Crippen LogP contribution in [-0.2, 0) is 17.8 Å². The molecule has 0 radical (unpaired) electrons. The molecule has 30 heavy (non-hydrogen) atoms. The van der Waals surface area contributed by atoms with Crippen LogP contribution in [-0.4, -0.2) is 43.0 Å². The first-order chi connectivity index (χ1) is 14.6. The Morgan fingerprint density at radius 2 is 1.97 bits per heavy atom. The summed E-state index contributed by atoms with van der Waals surface area (Å²) < 4.78 is 14.5. The van der Waals surface area contributed by atoms with E-state index in [0.29, 0.717) is 29.6 Å². The highest BCUT2D eigenvalue weighted by molar-refractivity contribution is 7.99. The van der Waals surface area contributed by atoms with Crippen LogP contribution in [0.3, 0.4) is 0 Å². The molecule has 1 aliphatic heterocycles. The van der Waals surface area contributed by atoms with Gasteiger partial charge >= 0.3 is 0 Å². The number of para-hydroxylation sites is 1. The maximum Gasteiger partial charge on any atom is 0.233 e. The summed E-state index contributed by atoms with van der Waals surface area (Å²) in [6, 6.07) is 14.0. The Morgan fingerprint density at radius 1 is 1.17 bits per heavy atom. The second kappa shape index (κ2) is 7.49. The number of nitrogens with zero attached hydrogens (tertiary/aromatic N) is 4. The van der Waals surface area contributed by atoms with Crippen LogP contribution in [0.25, 0.3) is 22.3 Å². The molecule has 0 unspecified atom stereocenters. The lowest BCUT2D eigenvalue weighted by molar-refractivity contribution is -0.129. The number of fused-ring (bicyclic) bond motifs is 3. The number of carbonyl (C=O) groups excluding carboxylic acids is 1. The van der Waals surface area contributed by atoms with E-state index < -0.39 is 0 Å². The molecule has 0 saturated carbocycles. The first-order valence-electron chi connectivity index (χ1n) is 9.55. The maximum atomic E-state index is 13.1. The van der Waals surface area contributed by atoms with E-state index in [0.717, 1.165) is 11.9 Å². The van der Waals surface area contributed by atoms with Crippen molar-refractivity contribution in [1.82, 2.24) is 24.8 Å². The lowest BCUT2D eigenvalue weighted by Crippen LogP contribution is -2.37. The molecule has 9 heteroatoms. The van der Waals surface area contributed by atoms with Gasteiger partial charge in [0.05, 0.1) is 5.75 Å². The zero-order valence-corrected chi connectivity index (χ0v) is 16.8. The van der Waals surface area contributed by atoms with Crippen LogP contribution in [0.1, 0.15) is 11.3 Å². The summed E-state index contributed by atoms with van der Waals surface area (Å²) in [5.41, 5.74) is 4.16. The topological polar surface area (TPSA) is 92.8 Å². The molecular weight excluding hydrogens is 403 g/mol. The summed E-state index contributed by atoms with van der Waals surface area (Å²) in [6.07, 6.45) is 0.808. The molecule has 2 aromatic heterocycles. The Kier molecular flexibility index (Phi) is 4.66. The van der Waals surface area contributed by atoms with E-state index in [-0.39, 0.29) is 17.5 Å². The predicted octanol–water partition coefficient (Wildman–Crippen LogP) is 2.96. The highest BCUT2D eigenvalue weighted by Crippen LogP contribution is 2.28. The van der Waals surface area contributed by atoms with Gasteiger partial charge in [0.1, 0.15) is 5.82 Å². The van der Waals surface area contributed by atoms with Gasteiger partial charge in [-0.3, -0.25) is 4.79 Å². The third-order valence-electron chi connectivity index (χ3n) is 5.33. The molecule has 7 nitrogen and oxygen atoms in total. The fourth-order valence-electron chi connectivity index (χ4n) is 3.77. The van der Waals surface area contributed by atoms with Gasteiger partial charge in [-0.2, -0.15) is 0 Å². The molecule has 0 aliphatic carbocycles. The van der Waals surface area contributed by atoms with Crippen LogP contribution in [0.2, 0.25) is 0 Å². The lowest BCUT2D eigenvalue weighted by Gasteiger charge is -2.27. The van der Waals surface area contributed by atoms with Crippen LogP contribution in [0.5, 0.6) is 0 Å². The van der Waals surface area contributed by atoms with E-state index in [1.54, 1.807) is 12.1 Å². The number of thioether (sulfide) groups is 1. The van der Waals surface area contributed by atoms with Crippen molar-refractivity contribution in [3.8, 4) is 11.4 Å². The minimum atomic E-state index is -0.332. The van der Waals surface area contributed by atoms with Gasteiger partial charge in [0.25, 0.3) is 0 Å². The lowest BCUT2D eigenvalue weighted by atomic mass is 10.0. The van der Waals surface area contributed by atoms with E-state index in [1.807, 2.05) is 17.0 Å². The van der Waals surface area contributed by atoms with Crippen molar-refractivity contribution in [2.75, 3.05) is 18.1 Å². The number of carbonyl (C=O) groups is 1. The van der Waals surface area contributed by atoms with Gasteiger partial charge in [-0.05, 0) is 30.3 Å². The number of hydrogen-bond acceptors (Lipinski definition) is 5. The number of hydrogen-bond donors (Lipinski definition) is 2. The third kappa shape index (κ3) is 3.30. The van der Waals surface area contributed by atoms with Gasteiger partial charge in [0.2, 0.25) is 11.1 Å². The van der Waals surface area contributed by atoms with Gasteiger partial charge in [-0.25, -0.2) is 9.07 Å². The number of halogens is 1. The summed E-state index contributed by atoms with van der Waals surface area (Å²) in [7, 11) is 0. The average molecular weight is 422 g/mol. The molecule has 5 rings (SSSR count). The number of aromatic nitrogens is 4. The SMILES string of the molecule is Nn1c(SCC(=O)N2CCc3[nH]c4ccccc4c3C2)nnc1-c1ccc(F)cc1. The first kappa shape index (κ1) is 18.7. The Balaban J connectivity index is 1.27. The molecule has 152 valence electrons. The Hall–Kier alpha value is -3.33. The molecule has 0 atom stereocenters. The summed E-state index contributed by atoms with van der Waals surface area (Å²) >= 11 is 1.25. The summed E-state index contributed by atoms with van der Waals surface area (Å²) in [6.45, 7) is 1.27. The van der Waals surface area contributed by atoms with Crippen molar-refractivity contribution >= 4 is 28.6 Å². The minimum absolute atomic E-state index is 0.0299. The molecule has 1 aliphatic rings. The predicted molar refractivity (Wildman–Crippen MR) is 114 cm³/mol. The molecule has 3 heterocycles.